The van der Waals surface area contributed by atoms with Gasteiger partial charge in [0.05, 0.1) is 33.0 Å². The number of pyridine rings is 1. The highest BCUT2D eigenvalue weighted by molar-refractivity contribution is 7.90. The molecule has 0 radical (unpaired) electrons. The summed E-state index contributed by atoms with van der Waals surface area (Å²) in [7, 11) is -4.57. The average molecular weight is 866 g/mol. The molecule has 2 saturated heterocycles. The van der Waals surface area contributed by atoms with Crippen molar-refractivity contribution < 1.29 is 27.6 Å². The fourth-order valence-corrected chi connectivity index (χ4v) is 9.39. The van der Waals surface area contributed by atoms with Crippen LogP contribution in [0.1, 0.15) is 54.4 Å². The number of ether oxygens (including phenoxy) is 2. The van der Waals surface area contributed by atoms with Crippen molar-refractivity contribution in [2.45, 2.75) is 43.4 Å². The summed E-state index contributed by atoms with van der Waals surface area (Å²) in [5.41, 5.74) is 6.09. The maximum absolute atomic E-state index is 14.0. The van der Waals surface area contributed by atoms with Crippen LogP contribution in [0.5, 0.6) is 11.5 Å². The summed E-state index contributed by atoms with van der Waals surface area (Å²) >= 11 is 6.19. The van der Waals surface area contributed by atoms with Gasteiger partial charge in [0, 0.05) is 81.5 Å². The summed E-state index contributed by atoms with van der Waals surface area (Å²) in [6.45, 7) is 6.12. The van der Waals surface area contributed by atoms with E-state index in [-0.39, 0.29) is 22.9 Å². The number of rotatable bonds is 14. The van der Waals surface area contributed by atoms with Gasteiger partial charge in [0.25, 0.3) is 21.6 Å². The molecule has 1 aliphatic carbocycles. The van der Waals surface area contributed by atoms with Crippen LogP contribution >= 0.6 is 11.6 Å². The number of aromatic nitrogens is 2. The molecule has 0 unspecified atom stereocenters. The first-order valence-corrected chi connectivity index (χ1v) is 22.5. The van der Waals surface area contributed by atoms with Crippen molar-refractivity contribution in [3.8, 4) is 22.8 Å². The molecule has 5 aromatic rings. The van der Waals surface area contributed by atoms with Crippen LogP contribution in [0.4, 0.5) is 17.1 Å². The number of aromatic amines is 1. The van der Waals surface area contributed by atoms with Crippen LogP contribution in [0.25, 0.3) is 16.8 Å². The number of para-hydroxylation sites is 1. The van der Waals surface area contributed by atoms with Gasteiger partial charge in [0.15, 0.2) is 0 Å². The first kappa shape index (κ1) is 42.0. The normalized spacial score (nSPS) is 16.6. The molecule has 3 N–H and O–H groups in total. The largest absolute Gasteiger partial charge is 0.454 e. The van der Waals surface area contributed by atoms with E-state index in [2.05, 4.69) is 41.9 Å². The summed E-state index contributed by atoms with van der Waals surface area (Å²) in [6.07, 6.45) is 11.2. The number of nitro groups is 1. The van der Waals surface area contributed by atoms with Crippen molar-refractivity contribution in [2.24, 2.45) is 5.92 Å². The Morgan fingerprint density at radius 2 is 1.77 bits per heavy atom. The maximum Gasteiger partial charge on any atom is 0.293 e. The van der Waals surface area contributed by atoms with Crippen LogP contribution in [0.2, 0.25) is 5.02 Å². The number of amides is 1. The van der Waals surface area contributed by atoms with E-state index in [1.54, 1.807) is 30.5 Å². The Kier molecular flexibility index (Phi) is 13.0. The third-order valence-corrected chi connectivity index (χ3v) is 13.2. The van der Waals surface area contributed by atoms with Crippen molar-refractivity contribution in [1.82, 2.24) is 19.6 Å². The number of benzene rings is 3. The minimum Gasteiger partial charge on any atom is -0.454 e. The first-order valence-electron chi connectivity index (χ1n) is 20.6. The van der Waals surface area contributed by atoms with E-state index < -0.39 is 31.4 Å². The van der Waals surface area contributed by atoms with Crippen molar-refractivity contribution >= 4 is 50.2 Å². The van der Waals surface area contributed by atoms with Gasteiger partial charge in [0.2, 0.25) is 0 Å². The molecule has 318 valence electrons. The van der Waals surface area contributed by atoms with E-state index in [0.717, 1.165) is 75.2 Å². The number of sulfonamides is 1. The summed E-state index contributed by atoms with van der Waals surface area (Å²) < 4.78 is 41.2. The average Bonchev–Trinajstić information content (AvgIpc) is 3.77. The van der Waals surface area contributed by atoms with Crippen molar-refractivity contribution in [1.29, 1.82) is 0 Å². The monoisotopic (exact) mass is 865 g/mol. The van der Waals surface area contributed by atoms with Gasteiger partial charge in [-0.15, -0.1) is 0 Å². The van der Waals surface area contributed by atoms with Crippen LogP contribution in [0.3, 0.4) is 0 Å². The van der Waals surface area contributed by atoms with Gasteiger partial charge in [-0.2, -0.15) is 0 Å². The lowest BCUT2D eigenvalue weighted by molar-refractivity contribution is -0.384. The van der Waals surface area contributed by atoms with E-state index in [9.17, 15) is 23.3 Å². The van der Waals surface area contributed by atoms with Crippen molar-refractivity contribution in [3.05, 3.63) is 129 Å². The molecule has 0 spiro atoms. The summed E-state index contributed by atoms with van der Waals surface area (Å²) in [6, 6.07) is 22.0. The highest BCUT2D eigenvalue weighted by atomic mass is 35.5. The highest BCUT2D eigenvalue weighted by Crippen LogP contribution is 2.39. The first-order chi connectivity index (χ1) is 29.6. The van der Waals surface area contributed by atoms with E-state index in [4.69, 9.17) is 21.1 Å². The number of nitro benzene ring substituents is 1. The van der Waals surface area contributed by atoms with Gasteiger partial charge in [-0.05, 0) is 110 Å². The number of allylic oxidation sites excluding steroid dienone is 1. The van der Waals surface area contributed by atoms with Gasteiger partial charge in [-0.3, -0.25) is 24.8 Å². The van der Waals surface area contributed by atoms with Gasteiger partial charge in [-0.1, -0.05) is 35.4 Å². The Morgan fingerprint density at radius 3 is 2.52 bits per heavy atom. The Bertz CT molecular complexity index is 2500. The molecule has 14 nitrogen and oxygen atoms in total. The predicted octanol–water partition coefficient (Wildman–Crippen LogP) is 8.54. The van der Waals surface area contributed by atoms with Crippen LogP contribution < -0.4 is 19.7 Å². The molecule has 2 aromatic heterocycles. The molecule has 2 fully saturated rings. The number of carbonyl (C=O) groups excluding carboxylic acids is 1. The Balaban J connectivity index is 0.990. The quantitative estimate of drug-likeness (QED) is 0.0722. The third-order valence-electron chi connectivity index (χ3n) is 11.6. The Hall–Kier alpha value is -5.74. The molecule has 2 aliphatic heterocycles. The number of hydrogen-bond donors (Lipinski definition) is 3. The zero-order valence-corrected chi connectivity index (χ0v) is 35.2. The molecule has 16 heteroatoms. The topological polar surface area (TPSA) is 172 Å². The molecule has 3 aromatic carbocycles. The van der Waals surface area contributed by atoms with Crippen LogP contribution in [0, 0.1) is 16.0 Å². The number of hydrogen-bond acceptors (Lipinski definition) is 11. The minimum absolute atomic E-state index is 0.0612. The van der Waals surface area contributed by atoms with Gasteiger partial charge < -0.3 is 24.7 Å². The van der Waals surface area contributed by atoms with Crippen molar-refractivity contribution in [2.75, 3.05) is 62.7 Å². The van der Waals surface area contributed by atoms with E-state index in [1.807, 2.05) is 24.4 Å². The van der Waals surface area contributed by atoms with Gasteiger partial charge in [-0.25, -0.2) is 13.1 Å². The molecule has 61 heavy (non-hydrogen) atoms. The number of anilines is 2. The number of nitrogens with one attached hydrogen (secondary N) is 3. The van der Waals surface area contributed by atoms with E-state index in [0.29, 0.717) is 36.8 Å². The Labute approximate surface area is 360 Å². The number of carbonyl (C=O) groups is 1. The van der Waals surface area contributed by atoms with Crippen molar-refractivity contribution in [3.63, 3.8) is 0 Å². The lowest BCUT2D eigenvalue weighted by Crippen LogP contribution is -2.47. The highest BCUT2D eigenvalue weighted by Gasteiger charge is 2.28. The van der Waals surface area contributed by atoms with Crippen LogP contribution in [-0.4, -0.2) is 86.6 Å². The lowest BCUT2D eigenvalue weighted by Gasteiger charge is -2.37. The second-order valence-corrected chi connectivity index (χ2v) is 17.7. The summed E-state index contributed by atoms with van der Waals surface area (Å²) in [5, 5.41) is 15.9. The molecule has 0 bridgehead atoms. The molecule has 0 saturated carbocycles. The number of H-pyrrole nitrogens is 1. The summed E-state index contributed by atoms with van der Waals surface area (Å²) in [5.74, 6) is -0.257. The lowest BCUT2D eigenvalue weighted by atomic mass is 9.87. The third kappa shape index (κ3) is 10.1. The smallest absolute Gasteiger partial charge is 0.293 e. The number of piperazine rings is 1. The molecule has 4 heterocycles. The van der Waals surface area contributed by atoms with Gasteiger partial charge in [0.1, 0.15) is 17.2 Å². The summed E-state index contributed by atoms with van der Waals surface area (Å²) in [4.78, 5) is 37.3. The molecule has 1 amide bonds. The van der Waals surface area contributed by atoms with Crippen LogP contribution in [-0.2, 0) is 14.8 Å². The molecule has 0 atom stereocenters. The molecule has 8 rings (SSSR count). The molecular formula is C45H48ClN7O7S. The zero-order valence-electron chi connectivity index (χ0n) is 33.6. The fraction of sp³-hybridized carbons (Fsp3) is 0.333. The van der Waals surface area contributed by atoms with E-state index in [1.165, 1.54) is 53.9 Å². The van der Waals surface area contributed by atoms with Crippen LogP contribution in [0.15, 0.2) is 108 Å². The SMILES string of the molecule is O=C(NS(=O)(=O)c1ccc(NCC2CCOCC2)c([N+](=O)[O-])c1)c1cccc(-c2cc(N3CCN(CC4=C(c5ccc(Cl)cc5)CCCC4)CC3)c[nH]2)c1Oc1cccnc1. The maximum atomic E-state index is 14.0. The zero-order chi connectivity index (χ0) is 42.3. The van der Waals surface area contributed by atoms with Gasteiger partial charge >= 0.3 is 0 Å². The standard InChI is InChI=1S/C45H48ClN7O7S/c46-34-12-10-32(11-13-34)38-7-2-1-5-33(38)30-51-19-21-52(22-20-51)35-25-42(49-28-35)39-8-3-9-40(44(39)60-36-6-4-18-47-29-36)45(54)50-61(57,58)37-14-15-41(43(26-37)53(55)56)48-27-31-16-23-59-24-17-31/h3-4,6,8-15,18,25-26,28-29,31,48-49H,1-2,5,7,16-17,19-24,27,30H2,(H,50,54). The minimum atomic E-state index is -4.57. The molecular weight excluding hydrogens is 818 g/mol. The predicted molar refractivity (Wildman–Crippen MR) is 236 cm³/mol. The van der Waals surface area contributed by atoms with E-state index >= 15 is 0 Å². The fourth-order valence-electron chi connectivity index (χ4n) is 8.28. The molecule has 3 aliphatic rings. The Morgan fingerprint density at radius 1 is 0.984 bits per heavy atom. The number of nitrogens with zero attached hydrogens (tertiary/aromatic N) is 4. The second-order valence-electron chi connectivity index (χ2n) is 15.6. The number of halogens is 1. The second kappa shape index (κ2) is 18.9.